The lowest BCUT2D eigenvalue weighted by Gasteiger charge is -2.04. The number of rotatable bonds is 2. The van der Waals surface area contributed by atoms with Crippen LogP contribution in [-0.2, 0) is 6.18 Å². The molecular weight excluding hydrogens is 255 g/mol. The fourth-order valence-electron chi connectivity index (χ4n) is 2.02. The van der Waals surface area contributed by atoms with Gasteiger partial charge in [0.2, 0.25) is 0 Å². The van der Waals surface area contributed by atoms with Crippen molar-refractivity contribution in [3.8, 4) is 0 Å². The molecule has 0 unspecified atom stereocenters. The number of aromatic nitrogens is 1. The summed E-state index contributed by atoms with van der Waals surface area (Å²) in [6.07, 6.45) is -1.17. The Morgan fingerprint density at radius 2 is 1.94 bits per heavy atom. The van der Waals surface area contributed by atoms with Gasteiger partial charge in [-0.05, 0) is 12.8 Å². The smallest absolute Gasteiger partial charge is 0.435 e. The van der Waals surface area contributed by atoms with E-state index < -0.39 is 22.7 Å². The average molecular weight is 265 g/mol. The van der Waals surface area contributed by atoms with Gasteiger partial charge in [0, 0.05) is 5.92 Å². The Morgan fingerprint density at radius 3 is 2.35 bits per heavy atom. The van der Waals surface area contributed by atoms with E-state index in [-0.39, 0.29) is 5.92 Å². The molecule has 0 saturated heterocycles. The van der Waals surface area contributed by atoms with Crippen LogP contribution in [-0.4, -0.2) is 16.1 Å². The molecule has 0 atom stereocenters. The van der Waals surface area contributed by atoms with Gasteiger partial charge in [-0.2, -0.15) is 13.2 Å². The van der Waals surface area contributed by atoms with Crippen LogP contribution in [0.25, 0.3) is 0 Å². The Bertz CT molecular complexity index is 435. The molecule has 2 rings (SSSR count). The summed E-state index contributed by atoms with van der Waals surface area (Å²) in [6, 6.07) is 0. The minimum atomic E-state index is -4.69. The van der Waals surface area contributed by atoms with Crippen molar-refractivity contribution in [3.63, 3.8) is 0 Å². The maximum Gasteiger partial charge on any atom is 0.435 e. The van der Waals surface area contributed by atoms with Gasteiger partial charge in [-0.3, -0.25) is 0 Å². The summed E-state index contributed by atoms with van der Waals surface area (Å²) in [5.74, 6) is -1.56. The van der Waals surface area contributed by atoms with Gasteiger partial charge in [0.25, 0.3) is 0 Å². The third-order valence-corrected chi connectivity index (χ3v) is 4.02. The molecular formula is C10H10F3NO2S. The zero-order valence-corrected chi connectivity index (χ0v) is 9.57. The van der Waals surface area contributed by atoms with Crippen molar-refractivity contribution < 1.29 is 23.1 Å². The molecule has 0 aliphatic heterocycles. The highest BCUT2D eigenvalue weighted by atomic mass is 32.1. The van der Waals surface area contributed by atoms with Crippen molar-refractivity contribution in [2.24, 2.45) is 0 Å². The summed E-state index contributed by atoms with van der Waals surface area (Å²) in [5, 5.41) is 9.07. The fourth-order valence-corrected chi connectivity index (χ4v) is 3.11. The average Bonchev–Trinajstić information content (AvgIpc) is 2.85. The molecule has 1 aromatic rings. The van der Waals surface area contributed by atoms with Gasteiger partial charge in [-0.25, -0.2) is 9.78 Å². The number of carbonyl (C=O) groups is 1. The van der Waals surface area contributed by atoms with Gasteiger partial charge >= 0.3 is 12.1 Å². The van der Waals surface area contributed by atoms with Gasteiger partial charge in [0.1, 0.15) is 4.88 Å². The first-order valence-electron chi connectivity index (χ1n) is 5.21. The zero-order valence-electron chi connectivity index (χ0n) is 8.75. The van der Waals surface area contributed by atoms with Crippen molar-refractivity contribution in [2.75, 3.05) is 0 Å². The van der Waals surface area contributed by atoms with Crippen LogP contribution in [0.3, 0.4) is 0 Å². The number of hydrogen-bond donors (Lipinski definition) is 1. The van der Waals surface area contributed by atoms with Crippen LogP contribution in [0.5, 0.6) is 0 Å². The number of aromatic carboxylic acids is 1. The summed E-state index contributed by atoms with van der Waals surface area (Å²) in [7, 11) is 0. The van der Waals surface area contributed by atoms with E-state index in [1.165, 1.54) is 0 Å². The second-order valence-corrected chi connectivity index (χ2v) is 5.04. The highest BCUT2D eigenvalue weighted by Gasteiger charge is 2.40. The molecule has 1 fully saturated rings. The van der Waals surface area contributed by atoms with Crippen molar-refractivity contribution in [2.45, 2.75) is 37.8 Å². The number of nitrogens with zero attached hydrogens (tertiary/aromatic N) is 1. The normalized spacial score (nSPS) is 17.6. The molecule has 0 radical (unpaired) electrons. The molecule has 1 heterocycles. The maximum absolute atomic E-state index is 12.6. The highest BCUT2D eigenvalue weighted by molar-refractivity contribution is 7.13. The van der Waals surface area contributed by atoms with Crippen LogP contribution >= 0.6 is 11.3 Å². The lowest BCUT2D eigenvalue weighted by atomic mass is 10.1. The second-order valence-electron chi connectivity index (χ2n) is 4.01. The standard InChI is InChI=1S/C10H10F3NO2S/c11-10(12,13)7-6(9(15)16)17-8(14-7)5-3-1-2-4-5/h5H,1-4H2,(H,15,16). The minimum absolute atomic E-state index is 0.00537. The van der Waals surface area contributed by atoms with Crippen LogP contribution in [0, 0.1) is 0 Å². The first-order valence-corrected chi connectivity index (χ1v) is 6.02. The van der Waals surface area contributed by atoms with Crippen LogP contribution in [0.15, 0.2) is 0 Å². The number of thiazole rings is 1. The molecule has 0 bridgehead atoms. The van der Waals surface area contributed by atoms with Crippen LogP contribution in [0.4, 0.5) is 13.2 Å². The highest BCUT2D eigenvalue weighted by Crippen LogP contribution is 2.41. The van der Waals surface area contributed by atoms with E-state index in [2.05, 4.69) is 4.98 Å². The molecule has 0 amide bonds. The predicted octanol–water partition coefficient (Wildman–Crippen LogP) is 3.52. The number of alkyl halides is 3. The third kappa shape index (κ3) is 2.43. The van der Waals surface area contributed by atoms with Crippen molar-refractivity contribution in [3.05, 3.63) is 15.6 Å². The summed E-state index contributed by atoms with van der Waals surface area (Å²) in [4.78, 5) is 13.6. The summed E-state index contributed by atoms with van der Waals surface area (Å²) in [6.45, 7) is 0. The first-order chi connectivity index (χ1) is 7.89. The van der Waals surface area contributed by atoms with Gasteiger partial charge < -0.3 is 5.11 Å². The van der Waals surface area contributed by atoms with E-state index in [4.69, 9.17) is 5.11 Å². The topological polar surface area (TPSA) is 50.2 Å². The monoisotopic (exact) mass is 265 g/mol. The maximum atomic E-state index is 12.6. The van der Waals surface area contributed by atoms with Gasteiger partial charge in [-0.15, -0.1) is 11.3 Å². The summed E-state index contributed by atoms with van der Waals surface area (Å²) in [5.41, 5.74) is -1.25. The number of hydrogen-bond acceptors (Lipinski definition) is 3. The minimum Gasteiger partial charge on any atom is -0.477 e. The quantitative estimate of drug-likeness (QED) is 0.890. The Kier molecular flexibility index (Phi) is 3.11. The molecule has 0 aromatic carbocycles. The molecule has 1 aliphatic carbocycles. The number of halogens is 3. The summed E-state index contributed by atoms with van der Waals surface area (Å²) >= 11 is 0.661. The fraction of sp³-hybridized carbons (Fsp3) is 0.600. The number of carboxylic acid groups (broad SMARTS) is 1. The Labute approximate surface area is 99.3 Å². The third-order valence-electron chi connectivity index (χ3n) is 2.81. The molecule has 3 nitrogen and oxygen atoms in total. The van der Waals surface area contributed by atoms with E-state index in [1.807, 2.05) is 0 Å². The van der Waals surface area contributed by atoms with E-state index >= 15 is 0 Å². The molecule has 1 aromatic heterocycles. The molecule has 1 N–H and O–H groups in total. The van der Waals surface area contributed by atoms with Crippen LogP contribution in [0.2, 0.25) is 0 Å². The van der Waals surface area contributed by atoms with E-state index in [0.29, 0.717) is 16.3 Å². The lowest BCUT2D eigenvalue weighted by molar-refractivity contribution is -0.141. The zero-order chi connectivity index (χ0) is 12.6. The Hall–Kier alpha value is -1.11. The van der Waals surface area contributed by atoms with Crippen LogP contribution in [0.1, 0.15) is 52.0 Å². The largest absolute Gasteiger partial charge is 0.477 e. The SMILES string of the molecule is O=C(O)c1sc(C2CCCC2)nc1C(F)(F)F. The lowest BCUT2D eigenvalue weighted by Crippen LogP contribution is -2.11. The van der Waals surface area contributed by atoms with E-state index in [9.17, 15) is 18.0 Å². The van der Waals surface area contributed by atoms with Crippen LogP contribution < -0.4 is 0 Å². The molecule has 7 heteroatoms. The van der Waals surface area contributed by atoms with Gasteiger partial charge in [0.05, 0.1) is 5.01 Å². The predicted molar refractivity (Wildman–Crippen MR) is 55.3 cm³/mol. The van der Waals surface area contributed by atoms with Gasteiger partial charge in [-0.1, -0.05) is 12.8 Å². The van der Waals surface area contributed by atoms with E-state index in [1.54, 1.807) is 0 Å². The molecule has 0 spiro atoms. The molecule has 1 aliphatic rings. The molecule has 17 heavy (non-hydrogen) atoms. The summed E-state index contributed by atoms with van der Waals surface area (Å²) < 4.78 is 37.8. The second kappa shape index (κ2) is 4.29. The van der Waals surface area contributed by atoms with Crippen molar-refractivity contribution in [1.82, 2.24) is 4.98 Å². The first kappa shape index (κ1) is 12.3. The molecule has 94 valence electrons. The van der Waals surface area contributed by atoms with Gasteiger partial charge in [0.15, 0.2) is 5.69 Å². The number of carboxylic acids is 1. The van der Waals surface area contributed by atoms with E-state index in [0.717, 1.165) is 25.7 Å². The molecule has 1 saturated carbocycles. The Morgan fingerprint density at radius 1 is 1.35 bits per heavy atom. The van der Waals surface area contributed by atoms with Crippen molar-refractivity contribution in [1.29, 1.82) is 0 Å². The van der Waals surface area contributed by atoms with Crippen molar-refractivity contribution >= 4 is 17.3 Å². The Balaban J connectivity index is 2.40.